The van der Waals surface area contributed by atoms with Crippen molar-refractivity contribution in [3.05, 3.63) is 71.8 Å². The minimum absolute atomic E-state index is 0.0531. The van der Waals surface area contributed by atoms with Crippen molar-refractivity contribution < 1.29 is 14.3 Å². The fourth-order valence-corrected chi connectivity index (χ4v) is 3.31. The number of hydrogen-bond acceptors (Lipinski definition) is 4. The summed E-state index contributed by atoms with van der Waals surface area (Å²) in [4.78, 5) is 12.5. The Hall–Kier alpha value is -3.06. The van der Waals surface area contributed by atoms with Crippen molar-refractivity contribution in [3.8, 4) is 17.6 Å². The van der Waals surface area contributed by atoms with E-state index >= 15 is 0 Å². The van der Waals surface area contributed by atoms with Crippen molar-refractivity contribution in [2.45, 2.75) is 27.4 Å². The zero-order valence-corrected chi connectivity index (χ0v) is 15.8. The lowest BCUT2D eigenvalue weighted by Crippen LogP contribution is -2.10. The van der Waals surface area contributed by atoms with Gasteiger partial charge in [-0.25, -0.2) is 0 Å². The topological polar surface area (TPSA) is 59.3 Å². The highest BCUT2D eigenvalue weighted by molar-refractivity contribution is 5.78. The molecule has 0 N–H and O–H groups in total. The number of carbonyl (C=O) groups is 1. The third-order valence-corrected chi connectivity index (χ3v) is 5.03. The van der Waals surface area contributed by atoms with Crippen molar-refractivity contribution in [2.75, 3.05) is 0 Å². The van der Waals surface area contributed by atoms with Crippen LogP contribution in [0.1, 0.15) is 26.3 Å². The Morgan fingerprint density at radius 3 is 2.56 bits per heavy atom. The highest BCUT2D eigenvalue weighted by Crippen LogP contribution is 2.59. The molecule has 27 heavy (non-hydrogen) atoms. The molecule has 0 saturated heterocycles. The number of allylic oxidation sites excluding steroid dienone is 2. The molecule has 138 valence electrons. The Kier molecular flexibility index (Phi) is 5.32. The summed E-state index contributed by atoms with van der Waals surface area (Å²) in [5.41, 5.74) is 1.33. The van der Waals surface area contributed by atoms with Crippen molar-refractivity contribution in [3.63, 3.8) is 0 Å². The number of ether oxygens (including phenoxy) is 2. The molecule has 4 nitrogen and oxygen atoms in total. The molecule has 0 spiro atoms. The molecule has 1 aliphatic carbocycles. The van der Waals surface area contributed by atoms with E-state index in [-0.39, 0.29) is 29.8 Å². The molecular weight excluding hydrogens is 338 g/mol. The maximum atomic E-state index is 12.5. The summed E-state index contributed by atoms with van der Waals surface area (Å²) in [6, 6.07) is 19.2. The Morgan fingerprint density at radius 1 is 1.15 bits per heavy atom. The lowest BCUT2D eigenvalue weighted by molar-refractivity contribution is -0.147. The summed E-state index contributed by atoms with van der Waals surface area (Å²) in [5, 5.41) is 8.94. The quantitative estimate of drug-likeness (QED) is 0.520. The molecule has 3 rings (SSSR count). The normalized spacial score (nSPS) is 20.4. The van der Waals surface area contributed by atoms with E-state index in [4.69, 9.17) is 14.7 Å². The molecule has 2 aromatic rings. The second kappa shape index (κ2) is 7.67. The van der Waals surface area contributed by atoms with Crippen LogP contribution in [0, 0.1) is 28.6 Å². The average molecular weight is 361 g/mol. The van der Waals surface area contributed by atoms with Gasteiger partial charge in [0.05, 0.1) is 12.0 Å². The summed E-state index contributed by atoms with van der Waals surface area (Å²) in [6.45, 7) is 6.01. The van der Waals surface area contributed by atoms with Gasteiger partial charge in [-0.2, -0.15) is 5.26 Å². The molecule has 0 radical (unpaired) electrons. The van der Waals surface area contributed by atoms with Gasteiger partial charge in [-0.1, -0.05) is 50.3 Å². The standard InChI is InChI=1S/C23H23NO3/c1-16(14-24)12-20-21(23(20,2)3)22(25)26-15-17-8-7-11-19(13-17)27-18-9-5-4-6-10-18/h4-13,20-21H,15H2,1-3H3. The van der Waals surface area contributed by atoms with Gasteiger partial charge in [-0.3, -0.25) is 4.79 Å². The van der Waals surface area contributed by atoms with Gasteiger partial charge in [0.2, 0.25) is 0 Å². The number of para-hydroxylation sites is 1. The minimum atomic E-state index is -0.221. The third kappa shape index (κ3) is 4.38. The second-order valence-corrected chi connectivity index (χ2v) is 7.46. The molecule has 4 heteroatoms. The van der Waals surface area contributed by atoms with E-state index in [2.05, 4.69) is 6.07 Å². The van der Waals surface area contributed by atoms with Crippen LogP contribution in [0.5, 0.6) is 11.5 Å². The number of benzene rings is 2. The second-order valence-electron chi connectivity index (χ2n) is 7.46. The molecule has 0 bridgehead atoms. The van der Waals surface area contributed by atoms with Crippen molar-refractivity contribution in [2.24, 2.45) is 17.3 Å². The number of carbonyl (C=O) groups excluding carboxylic acids is 1. The first-order valence-corrected chi connectivity index (χ1v) is 8.99. The van der Waals surface area contributed by atoms with E-state index in [1.165, 1.54) is 0 Å². The lowest BCUT2D eigenvalue weighted by Gasteiger charge is -2.09. The lowest BCUT2D eigenvalue weighted by atomic mass is 10.1. The SMILES string of the molecule is CC(C#N)=CC1C(C(=O)OCc2cccc(Oc3ccccc3)c2)C1(C)C. The molecule has 2 aromatic carbocycles. The summed E-state index contributed by atoms with van der Waals surface area (Å²) in [5.74, 6) is 1.09. The smallest absolute Gasteiger partial charge is 0.310 e. The van der Waals surface area contributed by atoms with Gasteiger partial charge < -0.3 is 9.47 Å². The van der Waals surface area contributed by atoms with Gasteiger partial charge >= 0.3 is 5.97 Å². The Balaban J connectivity index is 1.60. The zero-order valence-electron chi connectivity index (χ0n) is 15.8. The molecule has 1 saturated carbocycles. The van der Waals surface area contributed by atoms with E-state index < -0.39 is 0 Å². The monoisotopic (exact) mass is 361 g/mol. The molecule has 0 aliphatic heterocycles. The third-order valence-electron chi connectivity index (χ3n) is 5.03. The molecule has 2 atom stereocenters. The molecule has 0 heterocycles. The number of esters is 1. The first-order chi connectivity index (χ1) is 12.9. The van der Waals surface area contributed by atoms with Crippen LogP contribution in [0.2, 0.25) is 0 Å². The zero-order chi connectivity index (χ0) is 19.4. The highest BCUT2D eigenvalue weighted by atomic mass is 16.5. The van der Waals surface area contributed by atoms with Crippen LogP contribution in [-0.2, 0) is 16.1 Å². The minimum Gasteiger partial charge on any atom is -0.461 e. The molecule has 0 amide bonds. The predicted molar refractivity (Wildman–Crippen MR) is 103 cm³/mol. The molecule has 2 unspecified atom stereocenters. The molecule has 1 aliphatic rings. The summed E-state index contributed by atoms with van der Waals surface area (Å²) in [6.07, 6.45) is 1.88. The van der Waals surface area contributed by atoms with Crippen molar-refractivity contribution in [1.82, 2.24) is 0 Å². The van der Waals surface area contributed by atoms with Gasteiger partial charge in [0.1, 0.15) is 18.1 Å². The van der Waals surface area contributed by atoms with Crippen LogP contribution in [0.15, 0.2) is 66.2 Å². The Labute approximate surface area is 160 Å². The fraction of sp³-hybridized carbons (Fsp3) is 0.304. The van der Waals surface area contributed by atoms with Crippen LogP contribution in [0.25, 0.3) is 0 Å². The van der Waals surface area contributed by atoms with Gasteiger partial charge in [-0.15, -0.1) is 0 Å². The van der Waals surface area contributed by atoms with Crippen molar-refractivity contribution in [1.29, 1.82) is 5.26 Å². The Morgan fingerprint density at radius 2 is 1.85 bits per heavy atom. The van der Waals surface area contributed by atoms with Gasteiger partial charge in [-0.05, 0) is 48.1 Å². The molecular formula is C23H23NO3. The summed E-state index contributed by atoms with van der Waals surface area (Å²) < 4.78 is 11.3. The van der Waals surface area contributed by atoms with E-state index in [0.29, 0.717) is 11.3 Å². The van der Waals surface area contributed by atoms with Crippen LogP contribution < -0.4 is 4.74 Å². The number of hydrogen-bond donors (Lipinski definition) is 0. The van der Waals surface area contributed by atoms with Crippen LogP contribution >= 0.6 is 0 Å². The van der Waals surface area contributed by atoms with Gasteiger partial charge in [0.15, 0.2) is 0 Å². The summed E-state index contributed by atoms with van der Waals surface area (Å²) in [7, 11) is 0. The van der Waals surface area contributed by atoms with Gasteiger partial charge in [0, 0.05) is 5.57 Å². The molecule has 0 aromatic heterocycles. The fourth-order valence-electron chi connectivity index (χ4n) is 3.31. The van der Waals surface area contributed by atoms with Crippen LogP contribution in [-0.4, -0.2) is 5.97 Å². The predicted octanol–water partition coefficient (Wildman–Crippen LogP) is 5.26. The van der Waals surface area contributed by atoms with E-state index in [9.17, 15) is 4.79 Å². The highest BCUT2D eigenvalue weighted by Gasteiger charge is 2.61. The first kappa shape index (κ1) is 18.7. The molecule has 1 fully saturated rings. The Bertz CT molecular complexity index is 893. The number of nitriles is 1. The van der Waals surface area contributed by atoms with Crippen molar-refractivity contribution >= 4 is 5.97 Å². The largest absolute Gasteiger partial charge is 0.461 e. The maximum Gasteiger partial charge on any atom is 0.310 e. The number of nitrogens with zero attached hydrogens (tertiary/aromatic N) is 1. The summed E-state index contributed by atoms with van der Waals surface area (Å²) >= 11 is 0. The van der Waals surface area contributed by atoms with Gasteiger partial charge in [0.25, 0.3) is 0 Å². The maximum absolute atomic E-state index is 12.5. The van der Waals surface area contributed by atoms with Crippen LogP contribution in [0.3, 0.4) is 0 Å². The number of rotatable bonds is 6. The average Bonchev–Trinajstić information content (AvgIpc) is 3.20. The van der Waals surface area contributed by atoms with E-state index in [0.717, 1.165) is 11.3 Å². The first-order valence-electron chi connectivity index (χ1n) is 8.99. The van der Waals surface area contributed by atoms with E-state index in [1.807, 2.05) is 74.5 Å². The van der Waals surface area contributed by atoms with E-state index in [1.54, 1.807) is 6.92 Å². The van der Waals surface area contributed by atoms with Crippen LogP contribution in [0.4, 0.5) is 0 Å².